The minimum Gasteiger partial charge on any atom is -0.507 e. The molecule has 1 aliphatic heterocycles. The molecule has 0 bridgehead atoms. The Labute approximate surface area is 118 Å². The highest BCUT2D eigenvalue weighted by atomic mass is 16.3. The van der Waals surface area contributed by atoms with Crippen LogP contribution >= 0.6 is 0 Å². The van der Waals surface area contributed by atoms with Gasteiger partial charge in [-0.3, -0.25) is 5.10 Å². The van der Waals surface area contributed by atoms with E-state index in [1.807, 2.05) is 6.20 Å². The number of H-pyrrole nitrogens is 1. The average Bonchev–Trinajstić information content (AvgIpc) is 2.98. The summed E-state index contributed by atoms with van der Waals surface area (Å²) >= 11 is 0. The summed E-state index contributed by atoms with van der Waals surface area (Å²) in [7, 11) is 5.72. The van der Waals surface area contributed by atoms with Gasteiger partial charge in [0.15, 0.2) is 0 Å². The first-order valence-electron chi connectivity index (χ1n) is 6.70. The molecule has 7 heteroatoms. The van der Waals surface area contributed by atoms with Gasteiger partial charge in [0, 0.05) is 17.8 Å². The van der Waals surface area contributed by atoms with Gasteiger partial charge in [0.1, 0.15) is 19.4 Å². The number of pyridine rings is 1. The van der Waals surface area contributed by atoms with Gasteiger partial charge in [-0.25, -0.2) is 4.98 Å². The van der Waals surface area contributed by atoms with Crippen molar-refractivity contribution in [2.45, 2.75) is 18.9 Å². The van der Waals surface area contributed by atoms with Crippen LogP contribution in [-0.2, 0) is 0 Å². The number of hydrogen-bond donors (Lipinski definition) is 3. The molecule has 2 aromatic rings. The molecule has 0 aromatic carbocycles. The number of aromatic nitrogens is 3. The molecule has 3 rings (SSSR count). The quantitative estimate of drug-likeness (QED) is 0.694. The first-order valence-corrected chi connectivity index (χ1v) is 6.70. The van der Waals surface area contributed by atoms with Crippen molar-refractivity contribution in [3.05, 3.63) is 24.5 Å². The van der Waals surface area contributed by atoms with Crippen LogP contribution in [0.15, 0.2) is 24.5 Å². The summed E-state index contributed by atoms with van der Waals surface area (Å²) in [4.78, 5) is 6.42. The number of aromatic amines is 1. The van der Waals surface area contributed by atoms with Crippen molar-refractivity contribution in [1.29, 1.82) is 0 Å². The molecule has 6 nitrogen and oxygen atoms in total. The number of anilines is 2. The highest BCUT2D eigenvalue weighted by Gasteiger charge is 2.24. The molecule has 20 heavy (non-hydrogen) atoms. The minimum absolute atomic E-state index is 0.00574. The highest BCUT2D eigenvalue weighted by molar-refractivity contribution is 6.32. The normalized spacial score (nSPS) is 16.2. The van der Waals surface area contributed by atoms with Gasteiger partial charge in [-0.15, -0.1) is 0 Å². The summed E-state index contributed by atoms with van der Waals surface area (Å²) < 4.78 is 0. The summed E-state index contributed by atoms with van der Waals surface area (Å²) in [5.74, 6) is 0.736. The van der Waals surface area contributed by atoms with Crippen LogP contribution in [0.1, 0.15) is 12.8 Å². The molecule has 1 aliphatic rings. The monoisotopic (exact) mass is 269 g/mol. The topological polar surface area (TPSA) is 77.1 Å². The van der Waals surface area contributed by atoms with E-state index in [1.54, 1.807) is 18.3 Å². The maximum absolute atomic E-state index is 9.53. The Morgan fingerprint density at radius 1 is 1.30 bits per heavy atom. The van der Waals surface area contributed by atoms with Gasteiger partial charge in [-0.05, 0) is 38.1 Å². The van der Waals surface area contributed by atoms with Crippen molar-refractivity contribution in [2.75, 3.05) is 18.0 Å². The lowest BCUT2D eigenvalue weighted by molar-refractivity contribution is 0.449. The Morgan fingerprint density at radius 3 is 2.75 bits per heavy atom. The highest BCUT2D eigenvalue weighted by Crippen LogP contribution is 2.28. The van der Waals surface area contributed by atoms with Crippen LogP contribution in [0.4, 0.5) is 11.5 Å². The molecule has 0 atom stereocenters. The maximum atomic E-state index is 9.53. The average molecular weight is 269 g/mol. The lowest BCUT2D eigenvalue weighted by Crippen LogP contribution is -2.41. The standard InChI is InChI=1S/C13H16BN5O/c14-13-11(20)1-2-12(18-13)19(10-7-16-17-8-10)9-3-5-15-6-4-9/h1-2,7-9,15,20H,3-6H2,(H,16,17). The van der Waals surface area contributed by atoms with Gasteiger partial charge in [0.25, 0.3) is 0 Å². The van der Waals surface area contributed by atoms with Crippen LogP contribution in [0.3, 0.4) is 0 Å². The van der Waals surface area contributed by atoms with Crippen molar-refractivity contribution in [2.24, 2.45) is 0 Å². The zero-order valence-corrected chi connectivity index (χ0v) is 11.1. The Morgan fingerprint density at radius 2 is 2.10 bits per heavy atom. The van der Waals surface area contributed by atoms with E-state index in [4.69, 9.17) is 7.85 Å². The first-order chi connectivity index (χ1) is 9.75. The molecule has 3 N–H and O–H groups in total. The number of nitrogens with one attached hydrogen (secondary N) is 2. The summed E-state index contributed by atoms with van der Waals surface area (Å²) in [5.41, 5.74) is 1.10. The van der Waals surface area contributed by atoms with E-state index >= 15 is 0 Å². The molecule has 0 amide bonds. The summed E-state index contributed by atoms with van der Waals surface area (Å²) in [6.45, 7) is 1.96. The molecule has 0 unspecified atom stereocenters. The zero-order valence-electron chi connectivity index (χ0n) is 11.1. The number of hydrogen-bond acceptors (Lipinski definition) is 5. The maximum Gasteiger partial charge on any atom is 0.147 e. The van der Waals surface area contributed by atoms with Gasteiger partial charge in [0.2, 0.25) is 0 Å². The van der Waals surface area contributed by atoms with E-state index in [2.05, 4.69) is 25.4 Å². The first kappa shape index (κ1) is 13.0. The summed E-state index contributed by atoms with van der Waals surface area (Å²) in [5, 5.41) is 19.7. The molecule has 0 saturated carbocycles. The van der Waals surface area contributed by atoms with Crippen LogP contribution < -0.4 is 15.8 Å². The molecule has 2 aromatic heterocycles. The van der Waals surface area contributed by atoms with Crippen molar-refractivity contribution in [3.63, 3.8) is 0 Å². The van der Waals surface area contributed by atoms with Gasteiger partial charge in [-0.2, -0.15) is 5.10 Å². The van der Waals surface area contributed by atoms with E-state index < -0.39 is 0 Å². The predicted octanol–water partition coefficient (Wildman–Crippen LogP) is 0.194. The predicted molar refractivity (Wildman–Crippen MR) is 77.9 cm³/mol. The van der Waals surface area contributed by atoms with Crippen molar-refractivity contribution >= 4 is 24.9 Å². The van der Waals surface area contributed by atoms with Crippen LogP contribution in [0.25, 0.3) is 0 Å². The molecule has 102 valence electrons. The fraction of sp³-hybridized carbons (Fsp3) is 0.385. The largest absolute Gasteiger partial charge is 0.507 e. The minimum atomic E-state index is 0.00574. The van der Waals surface area contributed by atoms with Gasteiger partial charge in [-0.1, -0.05) is 0 Å². The lowest BCUT2D eigenvalue weighted by atomic mass is 10.0. The van der Waals surface area contributed by atoms with E-state index in [9.17, 15) is 5.11 Å². The zero-order chi connectivity index (χ0) is 13.9. The molecule has 1 fully saturated rings. The van der Waals surface area contributed by atoms with Gasteiger partial charge in [0.05, 0.1) is 11.9 Å². The van der Waals surface area contributed by atoms with E-state index in [0.717, 1.165) is 37.4 Å². The second kappa shape index (κ2) is 5.54. The SMILES string of the molecule is [B]c1nc(N(c2cn[nH]c2)C2CCNCC2)ccc1O. The molecular formula is C13H16BN5O. The van der Waals surface area contributed by atoms with Crippen LogP contribution in [0.2, 0.25) is 0 Å². The third-order valence-electron chi connectivity index (χ3n) is 3.57. The third-order valence-corrected chi connectivity index (χ3v) is 3.57. The van der Waals surface area contributed by atoms with E-state index in [1.165, 1.54) is 0 Å². The van der Waals surface area contributed by atoms with Crippen molar-refractivity contribution < 1.29 is 5.11 Å². The van der Waals surface area contributed by atoms with Crippen LogP contribution in [0, 0.1) is 0 Å². The number of piperidine rings is 1. The summed E-state index contributed by atoms with van der Waals surface area (Å²) in [6, 6.07) is 3.69. The Hall–Kier alpha value is -2.02. The van der Waals surface area contributed by atoms with Crippen molar-refractivity contribution in [3.8, 4) is 5.75 Å². The molecular weight excluding hydrogens is 253 g/mol. The van der Waals surface area contributed by atoms with Gasteiger partial charge < -0.3 is 15.3 Å². The second-order valence-electron chi connectivity index (χ2n) is 4.88. The second-order valence-corrected chi connectivity index (χ2v) is 4.88. The fourth-order valence-corrected chi connectivity index (χ4v) is 2.56. The smallest absolute Gasteiger partial charge is 0.147 e. The fourth-order valence-electron chi connectivity index (χ4n) is 2.56. The third kappa shape index (κ3) is 2.49. The lowest BCUT2D eigenvalue weighted by Gasteiger charge is -2.34. The molecule has 0 spiro atoms. The van der Waals surface area contributed by atoms with E-state index in [-0.39, 0.29) is 11.3 Å². The Bertz CT molecular complexity index is 568. The van der Waals surface area contributed by atoms with Crippen molar-refractivity contribution in [1.82, 2.24) is 20.5 Å². The molecule has 2 radical (unpaired) electrons. The number of nitrogens with zero attached hydrogens (tertiary/aromatic N) is 3. The van der Waals surface area contributed by atoms with E-state index in [0.29, 0.717) is 6.04 Å². The van der Waals surface area contributed by atoms with Crippen LogP contribution in [0.5, 0.6) is 5.75 Å². The number of aromatic hydroxyl groups is 1. The number of rotatable bonds is 3. The molecule has 3 heterocycles. The summed E-state index contributed by atoms with van der Waals surface area (Å²) in [6.07, 6.45) is 5.65. The molecule has 0 aliphatic carbocycles. The Balaban J connectivity index is 1.98. The van der Waals surface area contributed by atoms with Crippen LogP contribution in [-0.4, -0.2) is 47.3 Å². The molecule has 1 saturated heterocycles. The van der Waals surface area contributed by atoms with Gasteiger partial charge >= 0.3 is 0 Å². The Kier molecular flexibility index (Phi) is 3.60.